The number of hydrogen-bond acceptors (Lipinski definition) is 3. The molecule has 5 atom stereocenters. The van der Waals surface area contributed by atoms with Crippen molar-refractivity contribution in [2.75, 3.05) is 6.61 Å². The summed E-state index contributed by atoms with van der Waals surface area (Å²) in [5.74, 6) is 1.09. The third kappa shape index (κ3) is 1.34. The van der Waals surface area contributed by atoms with E-state index >= 15 is 0 Å². The van der Waals surface area contributed by atoms with Crippen molar-refractivity contribution >= 4 is 11.6 Å². The molecule has 96 valence electrons. The van der Waals surface area contributed by atoms with Gasteiger partial charge >= 0.3 is 0 Å². The molecule has 0 aromatic heterocycles. The molecule has 4 rings (SSSR count). The Morgan fingerprint density at radius 2 is 2.06 bits per heavy atom. The molecule has 0 aromatic carbocycles. The SMILES string of the molecule is O=C1CCC2C3OCCCC3=CC3CC(=O)C1C32. The number of Topliss-reactive ketones (excluding diaryl/α,β-unsaturated/α-hetero) is 2. The van der Waals surface area contributed by atoms with Crippen molar-refractivity contribution in [1.82, 2.24) is 0 Å². The van der Waals surface area contributed by atoms with Crippen molar-refractivity contribution in [3.63, 3.8) is 0 Å². The summed E-state index contributed by atoms with van der Waals surface area (Å²) >= 11 is 0. The summed E-state index contributed by atoms with van der Waals surface area (Å²) in [5.41, 5.74) is 1.41. The summed E-state index contributed by atoms with van der Waals surface area (Å²) in [7, 11) is 0. The van der Waals surface area contributed by atoms with Crippen LogP contribution in [0.2, 0.25) is 0 Å². The zero-order chi connectivity index (χ0) is 12.3. The lowest BCUT2D eigenvalue weighted by atomic mass is 9.63. The van der Waals surface area contributed by atoms with Gasteiger partial charge in [-0.15, -0.1) is 0 Å². The predicted molar refractivity (Wildman–Crippen MR) is 64.9 cm³/mol. The van der Waals surface area contributed by atoms with Crippen LogP contribution in [0.5, 0.6) is 0 Å². The topological polar surface area (TPSA) is 43.4 Å². The van der Waals surface area contributed by atoms with Crippen molar-refractivity contribution in [3.8, 4) is 0 Å². The van der Waals surface area contributed by atoms with E-state index in [2.05, 4.69) is 6.08 Å². The smallest absolute Gasteiger partial charge is 0.144 e. The average molecular weight is 246 g/mol. The second-order valence-corrected chi connectivity index (χ2v) is 6.19. The highest BCUT2D eigenvalue weighted by Gasteiger charge is 2.55. The van der Waals surface area contributed by atoms with Gasteiger partial charge in [-0.2, -0.15) is 0 Å². The third-order valence-corrected chi connectivity index (χ3v) is 5.32. The molecule has 0 amide bonds. The van der Waals surface area contributed by atoms with Crippen LogP contribution in [-0.2, 0) is 14.3 Å². The average Bonchev–Trinajstić information content (AvgIpc) is 2.70. The molecule has 0 radical (unpaired) electrons. The molecule has 3 nitrogen and oxygen atoms in total. The molecule has 5 unspecified atom stereocenters. The molecule has 1 heterocycles. The first-order chi connectivity index (χ1) is 8.75. The number of carbonyl (C=O) groups excluding carboxylic acids is 2. The highest BCUT2D eigenvalue weighted by atomic mass is 16.5. The number of rotatable bonds is 0. The largest absolute Gasteiger partial charge is 0.374 e. The van der Waals surface area contributed by atoms with E-state index in [0.29, 0.717) is 24.7 Å². The van der Waals surface area contributed by atoms with Crippen LogP contribution < -0.4 is 0 Å². The molecule has 0 bridgehead atoms. The van der Waals surface area contributed by atoms with E-state index in [4.69, 9.17) is 4.74 Å². The monoisotopic (exact) mass is 246 g/mol. The summed E-state index contributed by atoms with van der Waals surface area (Å²) in [4.78, 5) is 24.1. The minimum Gasteiger partial charge on any atom is -0.374 e. The Balaban J connectivity index is 1.77. The molecule has 0 aromatic rings. The van der Waals surface area contributed by atoms with E-state index in [9.17, 15) is 9.59 Å². The van der Waals surface area contributed by atoms with Gasteiger partial charge in [-0.3, -0.25) is 9.59 Å². The van der Waals surface area contributed by atoms with Gasteiger partial charge in [-0.1, -0.05) is 6.08 Å². The lowest BCUT2D eigenvalue weighted by Crippen LogP contribution is -2.46. The molecule has 0 spiro atoms. The van der Waals surface area contributed by atoms with Crippen molar-refractivity contribution < 1.29 is 14.3 Å². The summed E-state index contributed by atoms with van der Waals surface area (Å²) in [6.07, 6.45) is 6.81. The molecule has 1 aliphatic heterocycles. The number of hydrogen-bond donors (Lipinski definition) is 0. The highest BCUT2D eigenvalue weighted by molar-refractivity contribution is 6.05. The second kappa shape index (κ2) is 3.77. The fraction of sp³-hybridized carbons (Fsp3) is 0.733. The number of ketones is 2. The Bertz CT molecular complexity index is 451. The fourth-order valence-electron chi connectivity index (χ4n) is 4.68. The predicted octanol–water partition coefficient (Wildman–Crippen LogP) is 1.91. The van der Waals surface area contributed by atoms with E-state index in [1.165, 1.54) is 5.57 Å². The zero-order valence-corrected chi connectivity index (χ0v) is 10.4. The van der Waals surface area contributed by atoms with Gasteiger partial charge in [0.15, 0.2) is 0 Å². The number of carbonyl (C=O) groups is 2. The molecule has 4 aliphatic rings. The first-order valence-electron chi connectivity index (χ1n) is 7.13. The van der Waals surface area contributed by atoms with E-state index in [0.717, 1.165) is 25.9 Å². The number of ether oxygens (including phenoxy) is 1. The Kier molecular flexibility index (Phi) is 2.28. The van der Waals surface area contributed by atoms with Crippen LogP contribution in [0.15, 0.2) is 11.6 Å². The van der Waals surface area contributed by atoms with Crippen LogP contribution in [0, 0.1) is 23.7 Å². The summed E-state index contributed by atoms with van der Waals surface area (Å²) in [5, 5.41) is 0. The molecule has 1 saturated heterocycles. The zero-order valence-electron chi connectivity index (χ0n) is 10.4. The lowest BCUT2D eigenvalue weighted by molar-refractivity contribution is -0.137. The third-order valence-electron chi connectivity index (χ3n) is 5.32. The maximum absolute atomic E-state index is 12.1. The van der Waals surface area contributed by atoms with Gasteiger partial charge in [0, 0.05) is 19.4 Å². The Hall–Kier alpha value is -0.960. The van der Waals surface area contributed by atoms with E-state index in [1.807, 2.05) is 0 Å². The van der Waals surface area contributed by atoms with Crippen LogP contribution in [0.4, 0.5) is 0 Å². The number of fused-ring (bicyclic) bond motifs is 2. The van der Waals surface area contributed by atoms with Crippen LogP contribution in [0.1, 0.15) is 32.1 Å². The van der Waals surface area contributed by atoms with Gasteiger partial charge in [-0.05, 0) is 42.6 Å². The van der Waals surface area contributed by atoms with Crippen LogP contribution in [0.3, 0.4) is 0 Å². The molecule has 2 saturated carbocycles. The Labute approximate surface area is 107 Å². The normalized spacial score (nSPS) is 46.4. The highest BCUT2D eigenvalue weighted by Crippen LogP contribution is 2.53. The van der Waals surface area contributed by atoms with E-state index < -0.39 is 0 Å². The van der Waals surface area contributed by atoms with E-state index in [1.54, 1.807) is 0 Å². The van der Waals surface area contributed by atoms with Gasteiger partial charge in [0.05, 0.1) is 12.0 Å². The van der Waals surface area contributed by atoms with E-state index in [-0.39, 0.29) is 29.5 Å². The fourth-order valence-corrected chi connectivity index (χ4v) is 4.68. The first kappa shape index (κ1) is 10.9. The molecule has 3 aliphatic carbocycles. The minimum atomic E-state index is -0.294. The van der Waals surface area contributed by atoms with Gasteiger partial charge in [0.2, 0.25) is 0 Å². The summed E-state index contributed by atoms with van der Waals surface area (Å²) in [6, 6.07) is 0. The maximum Gasteiger partial charge on any atom is 0.144 e. The molecule has 18 heavy (non-hydrogen) atoms. The standard InChI is InChI=1S/C15H18O3/c16-11-4-3-10-13-9(7-12(17)14(11)13)6-8-2-1-5-18-15(8)10/h6,9-10,13-15H,1-5,7H2. The van der Waals surface area contributed by atoms with Crippen LogP contribution >= 0.6 is 0 Å². The molecular formula is C15H18O3. The summed E-state index contributed by atoms with van der Waals surface area (Å²) in [6.45, 7) is 0.836. The van der Waals surface area contributed by atoms with Crippen molar-refractivity contribution in [2.45, 2.75) is 38.2 Å². The maximum atomic E-state index is 12.1. The molecular weight excluding hydrogens is 228 g/mol. The Morgan fingerprint density at radius 3 is 2.94 bits per heavy atom. The number of allylic oxidation sites excluding steroid dienone is 1. The quantitative estimate of drug-likeness (QED) is 0.484. The summed E-state index contributed by atoms with van der Waals surface area (Å²) < 4.78 is 5.96. The van der Waals surface area contributed by atoms with Crippen LogP contribution in [0.25, 0.3) is 0 Å². The molecule has 3 fully saturated rings. The van der Waals surface area contributed by atoms with Crippen molar-refractivity contribution in [2.24, 2.45) is 23.7 Å². The Morgan fingerprint density at radius 1 is 1.17 bits per heavy atom. The van der Waals surface area contributed by atoms with Crippen molar-refractivity contribution in [1.29, 1.82) is 0 Å². The molecule has 0 N–H and O–H groups in total. The van der Waals surface area contributed by atoms with Gasteiger partial charge in [0.1, 0.15) is 11.6 Å². The van der Waals surface area contributed by atoms with Gasteiger partial charge in [0.25, 0.3) is 0 Å². The van der Waals surface area contributed by atoms with Gasteiger partial charge < -0.3 is 4.74 Å². The minimum absolute atomic E-state index is 0.190. The van der Waals surface area contributed by atoms with Crippen LogP contribution in [-0.4, -0.2) is 24.3 Å². The van der Waals surface area contributed by atoms with Gasteiger partial charge in [-0.25, -0.2) is 0 Å². The first-order valence-corrected chi connectivity index (χ1v) is 7.13. The van der Waals surface area contributed by atoms with Crippen molar-refractivity contribution in [3.05, 3.63) is 11.6 Å². The molecule has 3 heteroatoms. The second-order valence-electron chi connectivity index (χ2n) is 6.19. The lowest BCUT2D eigenvalue weighted by Gasteiger charge is -2.45.